The van der Waals surface area contributed by atoms with Crippen LogP contribution < -0.4 is 4.73 Å². The molecular weight excluding hydrogens is 180 g/mol. The maximum atomic E-state index is 10.8. The third-order valence-electron chi connectivity index (χ3n) is 1.98. The van der Waals surface area contributed by atoms with Crippen LogP contribution in [-0.2, 0) is 6.54 Å². The maximum absolute atomic E-state index is 10.8. The van der Waals surface area contributed by atoms with E-state index >= 15 is 0 Å². The van der Waals surface area contributed by atoms with Crippen LogP contribution in [0.4, 0.5) is 0 Å². The number of aryl methyl sites for hydroxylation is 1. The zero-order valence-electron chi connectivity index (χ0n) is 7.79. The van der Waals surface area contributed by atoms with E-state index < -0.39 is 0 Å². The molecule has 5 heteroatoms. The SMILES string of the molecule is CCn1ncnc1-c1cc[n+]([O-])cc1. The van der Waals surface area contributed by atoms with E-state index in [0.29, 0.717) is 0 Å². The summed E-state index contributed by atoms with van der Waals surface area (Å²) in [5.41, 5.74) is 0.899. The van der Waals surface area contributed by atoms with Crippen molar-refractivity contribution in [3.8, 4) is 11.4 Å². The minimum absolute atomic E-state index is 0.746. The van der Waals surface area contributed by atoms with Gasteiger partial charge in [0.1, 0.15) is 6.33 Å². The Labute approximate surface area is 81.2 Å². The second-order valence-electron chi connectivity index (χ2n) is 2.85. The Bertz CT molecular complexity index is 421. The molecule has 0 aliphatic carbocycles. The van der Waals surface area contributed by atoms with Crippen molar-refractivity contribution in [3.63, 3.8) is 0 Å². The molecule has 2 aromatic heterocycles. The molecule has 0 radical (unpaired) electrons. The van der Waals surface area contributed by atoms with Gasteiger partial charge in [-0.25, -0.2) is 9.67 Å². The maximum Gasteiger partial charge on any atom is 0.181 e. The molecule has 0 spiro atoms. The van der Waals surface area contributed by atoms with Crippen LogP contribution in [0.5, 0.6) is 0 Å². The summed E-state index contributed by atoms with van der Waals surface area (Å²) in [4.78, 5) is 4.13. The minimum atomic E-state index is 0.746. The summed E-state index contributed by atoms with van der Waals surface area (Å²) < 4.78 is 2.53. The highest BCUT2D eigenvalue weighted by atomic mass is 16.5. The van der Waals surface area contributed by atoms with E-state index in [4.69, 9.17) is 0 Å². The smallest absolute Gasteiger partial charge is 0.181 e. The van der Waals surface area contributed by atoms with Gasteiger partial charge in [-0.15, -0.1) is 0 Å². The molecule has 2 aromatic rings. The normalized spacial score (nSPS) is 10.4. The first-order valence-electron chi connectivity index (χ1n) is 4.38. The Kier molecular flexibility index (Phi) is 2.14. The van der Waals surface area contributed by atoms with Gasteiger partial charge in [-0.3, -0.25) is 0 Å². The van der Waals surface area contributed by atoms with Gasteiger partial charge in [0.15, 0.2) is 18.2 Å². The van der Waals surface area contributed by atoms with E-state index in [0.717, 1.165) is 22.7 Å². The highest BCUT2D eigenvalue weighted by Crippen LogP contribution is 2.13. The molecular formula is C9H10N4O. The fourth-order valence-electron chi connectivity index (χ4n) is 1.28. The van der Waals surface area contributed by atoms with E-state index in [-0.39, 0.29) is 0 Å². The van der Waals surface area contributed by atoms with Crippen LogP contribution in [0, 0.1) is 5.21 Å². The van der Waals surface area contributed by atoms with Crippen LogP contribution in [-0.4, -0.2) is 14.8 Å². The van der Waals surface area contributed by atoms with Crippen molar-refractivity contribution in [1.82, 2.24) is 14.8 Å². The van der Waals surface area contributed by atoms with Crippen LogP contribution >= 0.6 is 0 Å². The van der Waals surface area contributed by atoms with Gasteiger partial charge in [-0.2, -0.15) is 9.83 Å². The third-order valence-corrected chi connectivity index (χ3v) is 1.98. The molecule has 0 bridgehead atoms. The third kappa shape index (κ3) is 1.44. The molecule has 14 heavy (non-hydrogen) atoms. The summed E-state index contributed by atoms with van der Waals surface area (Å²) in [7, 11) is 0. The predicted molar refractivity (Wildman–Crippen MR) is 50.1 cm³/mol. The van der Waals surface area contributed by atoms with E-state index in [1.807, 2.05) is 6.92 Å². The van der Waals surface area contributed by atoms with Gasteiger partial charge in [0.25, 0.3) is 0 Å². The molecule has 0 aromatic carbocycles. The molecule has 0 N–H and O–H groups in total. The summed E-state index contributed by atoms with van der Waals surface area (Å²) in [6, 6.07) is 3.45. The lowest BCUT2D eigenvalue weighted by Gasteiger charge is -2.01. The van der Waals surface area contributed by atoms with Crippen LogP contribution in [0.2, 0.25) is 0 Å². The van der Waals surface area contributed by atoms with Gasteiger partial charge >= 0.3 is 0 Å². The molecule has 0 saturated heterocycles. The molecule has 0 saturated carbocycles. The number of nitrogens with zero attached hydrogens (tertiary/aromatic N) is 4. The first-order valence-corrected chi connectivity index (χ1v) is 4.38. The molecule has 0 fully saturated rings. The summed E-state index contributed by atoms with van der Waals surface area (Å²) >= 11 is 0. The van der Waals surface area contributed by atoms with Crippen molar-refractivity contribution >= 4 is 0 Å². The van der Waals surface area contributed by atoms with Gasteiger partial charge in [0.2, 0.25) is 0 Å². The average molecular weight is 190 g/mol. The molecule has 0 aliphatic heterocycles. The standard InChI is InChI=1S/C9H10N4O/c1-2-13-9(10-7-11-13)8-3-5-12(14)6-4-8/h3-7H,2H2,1H3. The van der Waals surface area contributed by atoms with Gasteiger partial charge in [-0.1, -0.05) is 0 Å². The van der Waals surface area contributed by atoms with E-state index in [2.05, 4.69) is 10.1 Å². The molecule has 5 nitrogen and oxygen atoms in total. The van der Waals surface area contributed by atoms with Crippen LogP contribution in [0.3, 0.4) is 0 Å². The van der Waals surface area contributed by atoms with Gasteiger partial charge < -0.3 is 5.21 Å². The topological polar surface area (TPSA) is 57.7 Å². The summed E-state index contributed by atoms with van der Waals surface area (Å²) in [6.45, 7) is 2.76. The minimum Gasteiger partial charge on any atom is -0.619 e. The number of hydrogen-bond donors (Lipinski definition) is 0. The Morgan fingerprint density at radius 1 is 1.43 bits per heavy atom. The van der Waals surface area contributed by atoms with Crippen LogP contribution in [0.25, 0.3) is 11.4 Å². The van der Waals surface area contributed by atoms with Gasteiger partial charge in [0.05, 0.1) is 0 Å². The van der Waals surface area contributed by atoms with Crippen LogP contribution in [0.1, 0.15) is 6.92 Å². The van der Waals surface area contributed by atoms with Crippen molar-refractivity contribution in [1.29, 1.82) is 0 Å². The second kappa shape index (κ2) is 3.45. The lowest BCUT2D eigenvalue weighted by atomic mass is 10.2. The summed E-state index contributed by atoms with van der Waals surface area (Å²) in [6.07, 6.45) is 4.41. The summed E-state index contributed by atoms with van der Waals surface area (Å²) in [5.74, 6) is 0.785. The highest BCUT2D eigenvalue weighted by molar-refractivity contribution is 5.52. The van der Waals surface area contributed by atoms with Crippen molar-refractivity contribution in [3.05, 3.63) is 36.1 Å². The Hall–Kier alpha value is -1.91. The monoisotopic (exact) mass is 190 g/mol. The molecule has 0 atom stereocenters. The molecule has 2 rings (SSSR count). The van der Waals surface area contributed by atoms with Crippen molar-refractivity contribution in [2.24, 2.45) is 0 Å². The largest absolute Gasteiger partial charge is 0.619 e. The predicted octanol–water partition coefficient (Wildman–Crippen LogP) is 0.598. The Morgan fingerprint density at radius 3 is 2.79 bits per heavy atom. The zero-order valence-corrected chi connectivity index (χ0v) is 7.79. The first kappa shape index (κ1) is 8.68. The number of aromatic nitrogens is 4. The second-order valence-corrected chi connectivity index (χ2v) is 2.85. The lowest BCUT2D eigenvalue weighted by Crippen LogP contribution is -2.23. The summed E-state index contributed by atoms with van der Waals surface area (Å²) in [5, 5.41) is 14.9. The Morgan fingerprint density at radius 2 is 2.14 bits per heavy atom. The quantitative estimate of drug-likeness (QED) is 0.514. The van der Waals surface area contributed by atoms with E-state index in [1.54, 1.807) is 16.8 Å². The fourth-order valence-corrected chi connectivity index (χ4v) is 1.28. The number of hydrogen-bond acceptors (Lipinski definition) is 3. The van der Waals surface area contributed by atoms with Crippen molar-refractivity contribution in [2.75, 3.05) is 0 Å². The Balaban J connectivity index is 2.44. The van der Waals surface area contributed by atoms with E-state index in [1.165, 1.54) is 18.7 Å². The first-order chi connectivity index (χ1) is 6.81. The number of rotatable bonds is 2. The number of pyridine rings is 1. The molecule has 0 amide bonds. The molecule has 2 heterocycles. The molecule has 0 aliphatic rings. The lowest BCUT2D eigenvalue weighted by molar-refractivity contribution is -0.605. The van der Waals surface area contributed by atoms with E-state index in [9.17, 15) is 5.21 Å². The van der Waals surface area contributed by atoms with Crippen molar-refractivity contribution < 1.29 is 4.73 Å². The zero-order chi connectivity index (χ0) is 9.97. The van der Waals surface area contributed by atoms with Crippen molar-refractivity contribution in [2.45, 2.75) is 13.5 Å². The van der Waals surface area contributed by atoms with Gasteiger partial charge in [0, 0.05) is 24.2 Å². The average Bonchev–Trinajstić information content (AvgIpc) is 2.67. The fraction of sp³-hybridized carbons (Fsp3) is 0.222. The highest BCUT2D eigenvalue weighted by Gasteiger charge is 2.06. The molecule has 0 unspecified atom stereocenters. The molecule has 72 valence electrons. The van der Waals surface area contributed by atoms with Crippen LogP contribution in [0.15, 0.2) is 30.9 Å². The van der Waals surface area contributed by atoms with Gasteiger partial charge in [-0.05, 0) is 6.92 Å².